The summed E-state index contributed by atoms with van der Waals surface area (Å²) in [7, 11) is 3.66. The van der Waals surface area contributed by atoms with Gasteiger partial charge in [-0.05, 0) is 44.8 Å². The van der Waals surface area contributed by atoms with Crippen molar-refractivity contribution in [3.05, 3.63) is 35.1 Å². The van der Waals surface area contributed by atoms with Gasteiger partial charge in [-0.15, -0.1) is 0 Å². The summed E-state index contributed by atoms with van der Waals surface area (Å²) < 4.78 is 13.3. The molecule has 5 nitrogen and oxygen atoms in total. The largest absolute Gasteiger partial charge is 0.480 e. The molecule has 1 N–H and O–H groups in total. The molecular formula is C14H19FN2O3. The van der Waals surface area contributed by atoms with Gasteiger partial charge in [0.15, 0.2) is 0 Å². The summed E-state index contributed by atoms with van der Waals surface area (Å²) >= 11 is 0. The van der Waals surface area contributed by atoms with Gasteiger partial charge in [-0.2, -0.15) is 0 Å². The molecule has 0 atom stereocenters. The number of aliphatic carboxylic acids is 1. The molecule has 0 saturated heterocycles. The fourth-order valence-electron chi connectivity index (χ4n) is 1.78. The molecule has 0 aliphatic heterocycles. The quantitative estimate of drug-likeness (QED) is 0.852. The summed E-state index contributed by atoms with van der Waals surface area (Å²) in [6.07, 6.45) is 0. The minimum absolute atomic E-state index is 0.169. The van der Waals surface area contributed by atoms with E-state index in [9.17, 15) is 14.0 Å². The fourth-order valence-corrected chi connectivity index (χ4v) is 1.78. The molecule has 1 amide bonds. The molecule has 0 bridgehead atoms. The number of rotatable bonds is 6. The molecule has 0 heterocycles. The molecule has 0 aliphatic carbocycles. The second-order valence-corrected chi connectivity index (χ2v) is 4.94. The van der Waals surface area contributed by atoms with Gasteiger partial charge in [-0.1, -0.05) is 0 Å². The van der Waals surface area contributed by atoms with E-state index < -0.39 is 24.2 Å². The van der Waals surface area contributed by atoms with E-state index in [1.165, 1.54) is 11.0 Å². The third kappa shape index (κ3) is 4.97. The lowest BCUT2D eigenvalue weighted by atomic mass is 10.1. The van der Waals surface area contributed by atoms with E-state index >= 15 is 0 Å². The zero-order chi connectivity index (χ0) is 15.3. The van der Waals surface area contributed by atoms with Gasteiger partial charge in [0, 0.05) is 18.7 Å². The number of nitrogens with zero attached hydrogens (tertiary/aromatic N) is 2. The molecule has 0 unspecified atom stereocenters. The van der Waals surface area contributed by atoms with Crippen LogP contribution < -0.4 is 0 Å². The van der Waals surface area contributed by atoms with Crippen LogP contribution in [0.5, 0.6) is 0 Å². The van der Waals surface area contributed by atoms with Gasteiger partial charge in [0.05, 0.1) is 0 Å². The Kier molecular flexibility index (Phi) is 5.64. The fraction of sp³-hybridized carbons (Fsp3) is 0.429. The maximum Gasteiger partial charge on any atom is 0.323 e. The third-order valence-electron chi connectivity index (χ3n) is 2.72. The second kappa shape index (κ2) is 7.00. The van der Waals surface area contributed by atoms with Gasteiger partial charge < -0.3 is 14.9 Å². The molecule has 110 valence electrons. The van der Waals surface area contributed by atoms with Gasteiger partial charge in [0.25, 0.3) is 5.91 Å². The summed E-state index contributed by atoms with van der Waals surface area (Å²) in [5.41, 5.74) is 0.791. The van der Waals surface area contributed by atoms with Crippen LogP contribution in [0.3, 0.4) is 0 Å². The van der Waals surface area contributed by atoms with Gasteiger partial charge >= 0.3 is 5.97 Å². The third-order valence-corrected chi connectivity index (χ3v) is 2.72. The van der Waals surface area contributed by atoms with Gasteiger partial charge in [-0.3, -0.25) is 9.59 Å². The van der Waals surface area contributed by atoms with Crippen molar-refractivity contribution < 1.29 is 19.1 Å². The summed E-state index contributed by atoms with van der Waals surface area (Å²) in [5.74, 6) is -2.07. The number of hydrogen-bond acceptors (Lipinski definition) is 3. The molecule has 0 saturated carbocycles. The van der Waals surface area contributed by atoms with Gasteiger partial charge in [-0.25, -0.2) is 4.39 Å². The topological polar surface area (TPSA) is 60.9 Å². The Labute approximate surface area is 117 Å². The Morgan fingerprint density at radius 3 is 2.35 bits per heavy atom. The van der Waals surface area contributed by atoms with Crippen molar-refractivity contribution in [2.75, 3.05) is 33.7 Å². The molecule has 0 fully saturated rings. The summed E-state index contributed by atoms with van der Waals surface area (Å²) in [4.78, 5) is 26.2. The highest BCUT2D eigenvalue weighted by atomic mass is 19.1. The molecule has 1 aromatic rings. The molecule has 6 heteroatoms. The minimum atomic E-state index is -1.09. The van der Waals surface area contributed by atoms with Crippen LogP contribution in [0, 0.1) is 12.7 Å². The van der Waals surface area contributed by atoms with Crippen LogP contribution >= 0.6 is 0 Å². The Hall–Kier alpha value is -1.95. The first-order valence-corrected chi connectivity index (χ1v) is 6.22. The number of likely N-dealkylation sites (N-methyl/N-ethyl adjacent to an activating group) is 1. The van der Waals surface area contributed by atoms with Crippen LogP contribution in [0.1, 0.15) is 15.9 Å². The SMILES string of the molecule is Cc1cc(F)cc(C(=O)N(CCN(C)C)CC(=O)O)c1. The number of carbonyl (C=O) groups excluding carboxylic acids is 1. The Balaban J connectivity index is 2.93. The van der Waals surface area contributed by atoms with Crippen LogP contribution in [-0.2, 0) is 4.79 Å². The lowest BCUT2D eigenvalue weighted by Gasteiger charge is -2.23. The highest BCUT2D eigenvalue weighted by Crippen LogP contribution is 2.11. The zero-order valence-corrected chi connectivity index (χ0v) is 11.9. The highest BCUT2D eigenvalue weighted by molar-refractivity contribution is 5.96. The minimum Gasteiger partial charge on any atom is -0.480 e. The number of benzene rings is 1. The van der Waals surface area contributed by atoms with Crippen molar-refractivity contribution >= 4 is 11.9 Å². The first-order chi connectivity index (χ1) is 9.29. The van der Waals surface area contributed by atoms with Crippen molar-refractivity contribution in [1.82, 2.24) is 9.80 Å². The zero-order valence-electron chi connectivity index (χ0n) is 11.9. The molecular weight excluding hydrogens is 263 g/mol. The van der Waals surface area contributed by atoms with E-state index in [4.69, 9.17) is 5.11 Å². The standard InChI is InChI=1S/C14H19FN2O3/c1-10-6-11(8-12(15)7-10)14(20)17(9-13(18)19)5-4-16(2)3/h6-8H,4-5,9H2,1-3H3,(H,18,19). The normalized spacial score (nSPS) is 10.7. The van der Waals surface area contributed by atoms with E-state index in [2.05, 4.69) is 0 Å². The maximum absolute atomic E-state index is 13.3. The van der Waals surface area contributed by atoms with Crippen LogP contribution in [-0.4, -0.2) is 60.5 Å². The van der Waals surface area contributed by atoms with Crippen LogP contribution in [0.25, 0.3) is 0 Å². The summed E-state index contributed by atoms with van der Waals surface area (Å²) in [6, 6.07) is 3.99. The molecule has 20 heavy (non-hydrogen) atoms. The highest BCUT2D eigenvalue weighted by Gasteiger charge is 2.19. The Morgan fingerprint density at radius 1 is 1.20 bits per heavy atom. The first kappa shape index (κ1) is 16.1. The Bertz CT molecular complexity index is 483. The molecule has 0 spiro atoms. The smallest absolute Gasteiger partial charge is 0.323 e. The van der Waals surface area contributed by atoms with Crippen molar-refractivity contribution in [2.45, 2.75) is 6.92 Å². The van der Waals surface area contributed by atoms with Crippen molar-refractivity contribution in [1.29, 1.82) is 0 Å². The predicted octanol–water partition coefficient (Wildman–Crippen LogP) is 1.22. The lowest BCUT2D eigenvalue weighted by Crippen LogP contribution is -2.40. The van der Waals surface area contributed by atoms with Crippen molar-refractivity contribution in [3.63, 3.8) is 0 Å². The molecule has 0 radical (unpaired) electrons. The number of aryl methyl sites for hydroxylation is 1. The van der Waals surface area contributed by atoms with E-state index in [0.29, 0.717) is 12.1 Å². The number of carboxylic acid groups (broad SMARTS) is 1. The second-order valence-electron chi connectivity index (χ2n) is 4.94. The Morgan fingerprint density at radius 2 is 1.85 bits per heavy atom. The average Bonchev–Trinajstić information content (AvgIpc) is 2.31. The number of hydrogen-bond donors (Lipinski definition) is 1. The molecule has 1 aromatic carbocycles. The summed E-state index contributed by atoms with van der Waals surface area (Å²) in [6.45, 7) is 2.09. The molecule has 0 aromatic heterocycles. The van der Waals surface area contributed by atoms with Crippen LogP contribution in [0.2, 0.25) is 0 Å². The van der Waals surface area contributed by atoms with E-state index in [0.717, 1.165) is 6.07 Å². The van der Waals surface area contributed by atoms with Crippen LogP contribution in [0.15, 0.2) is 18.2 Å². The maximum atomic E-state index is 13.3. The number of amides is 1. The van der Waals surface area contributed by atoms with Gasteiger partial charge in [0.1, 0.15) is 12.4 Å². The van der Waals surface area contributed by atoms with Gasteiger partial charge in [0.2, 0.25) is 0 Å². The number of halogens is 1. The number of carboxylic acids is 1. The van der Waals surface area contributed by atoms with Crippen LogP contribution in [0.4, 0.5) is 4.39 Å². The van der Waals surface area contributed by atoms with E-state index in [-0.39, 0.29) is 12.1 Å². The average molecular weight is 282 g/mol. The van der Waals surface area contributed by atoms with E-state index in [1.807, 2.05) is 19.0 Å². The lowest BCUT2D eigenvalue weighted by molar-refractivity contribution is -0.137. The first-order valence-electron chi connectivity index (χ1n) is 6.22. The van der Waals surface area contributed by atoms with E-state index in [1.54, 1.807) is 13.0 Å². The number of carbonyl (C=O) groups is 2. The van der Waals surface area contributed by atoms with Crippen molar-refractivity contribution in [2.24, 2.45) is 0 Å². The summed E-state index contributed by atoms with van der Waals surface area (Å²) in [5, 5.41) is 8.87. The van der Waals surface area contributed by atoms with Crippen molar-refractivity contribution in [3.8, 4) is 0 Å². The predicted molar refractivity (Wildman–Crippen MR) is 73.2 cm³/mol. The molecule has 0 aliphatic rings. The monoisotopic (exact) mass is 282 g/mol. The molecule has 1 rings (SSSR count).